The third-order valence-electron chi connectivity index (χ3n) is 6.57. The first-order valence-electron chi connectivity index (χ1n) is 11.0. The summed E-state index contributed by atoms with van der Waals surface area (Å²) in [5.74, 6) is 2.97. The van der Waals surface area contributed by atoms with E-state index in [9.17, 15) is 0 Å². The fraction of sp³-hybridized carbons (Fsp3) is 0.696. The minimum atomic E-state index is 0.431. The maximum Gasteiger partial charge on any atom is 0.233 e. The van der Waals surface area contributed by atoms with Crippen LogP contribution in [0, 0.1) is 30.1 Å². The standard InChI is InChI=1S/C23H35N5O/c1-16-12-24-27(5)22(16)20-6-7-21(26-25-20)29-15-17-10-18-13-28(14-19(18)11-17)9-8-23(2,3)4/h6-7,12,17-19H,8-11,13-15H2,1-5H3/t17-,18-,19+. The van der Waals surface area contributed by atoms with Crippen LogP contribution in [0.4, 0.5) is 0 Å². The third-order valence-corrected chi connectivity index (χ3v) is 6.57. The molecular weight excluding hydrogens is 362 g/mol. The van der Waals surface area contributed by atoms with E-state index in [1.165, 1.54) is 38.9 Å². The van der Waals surface area contributed by atoms with Crippen molar-refractivity contribution in [2.45, 2.75) is 47.0 Å². The summed E-state index contributed by atoms with van der Waals surface area (Å²) in [6.07, 6.45) is 5.71. The van der Waals surface area contributed by atoms with Gasteiger partial charge in [0.25, 0.3) is 0 Å². The first kappa shape index (κ1) is 20.3. The molecule has 2 fully saturated rings. The highest BCUT2D eigenvalue weighted by atomic mass is 16.5. The molecule has 0 spiro atoms. The van der Waals surface area contributed by atoms with Crippen LogP contribution in [0.2, 0.25) is 0 Å². The molecule has 1 aliphatic carbocycles. The van der Waals surface area contributed by atoms with Gasteiger partial charge in [-0.05, 0) is 67.5 Å². The number of aromatic nitrogens is 4. The Hall–Kier alpha value is -1.95. The van der Waals surface area contributed by atoms with Crippen molar-refractivity contribution < 1.29 is 4.74 Å². The van der Waals surface area contributed by atoms with Gasteiger partial charge in [0.15, 0.2) is 0 Å². The van der Waals surface area contributed by atoms with E-state index in [1.807, 2.05) is 37.0 Å². The highest BCUT2D eigenvalue weighted by Crippen LogP contribution is 2.42. The zero-order valence-electron chi connectivity index (χ0n) is 18.6. The van der Waals surface area contributed by atoms with Crippen molar-refractivity contribution in [2.24, 2.45) is 30.2 Å². The topological polar surface area (TPSA) is 56.1 Å². The molecule has 0 amide bonds. The Balaban J connectivity index is 1.24. The van der Waals surface area contributed by atoms with Gasteiger partial charge in [-0.1, -0.05) is 20.8 Å². The van der Waals surface area contributed by atoms with Crippen LogP contribution < -0.4 is 4.74 Å². The zero-order chi connectivity index (χ0) is 20.6. The average Bonchev–Trinajstić information content (AvgIpc) is 3.31. The molecule has 2 aromatic rings. The molecule has 2 aromatic heterocycles. The number of rotatable bonds is 6. The first-order chi connectivity index (χ1) is 13.8. The Bertz CT molecular complexity index is 789. The van der Waals surface area contributed by atoms with E-state index in [0.717, 1.165) is 35.4 Å². The van der Waals surface area contributed by atoms with Gasteiger partial charge in [0.1, 0.15) is 5.69 Å². The molecule has 1 saturated carbocycles. The van der Waals surface area contributed by atoms with Gasteiger partial charge < -0.3 is 9.64 Å². The van der Waals surface area contributed by atoms with Gasteiger partial charge in [-0.3, -0.25) is 4.68 Å². The van der Waals surface area contributed by atoms with Crippen molar-refractivity contribution in [2.75, 3.05) is 26.2 Å². The van der Waals surface area contributed by atoms with E-state index in [0.29, 0.717) is 17.2 Å². The largest absolute Gasteiger partial charge is 0.476 e. The van der Waals surface area contributed by atoms with Crippen molar-refractivity contribution in [3.8, 4) is 17.3 Å². The molecule has 158 valence electrons. The van der Waals surface area contributed by atoms with Crippen LogP contribution in [0.25, 0.3) is 11.4 Å². The molecule has 1 saturated heterocycles. The van der Waals surface area contributed by atoms with E-state index in [2.05, 4.69) is 41.0 Å². The summed E-state index contributed by atoms with van der Waals surface area (Å²) in [4.78, 5) is 2.68. The first-order valence-corrected chi connectivity index (χ1v) is 11.0. The van der Waals surface area contributed by atoms with Crippen LogP contribution in [0.1, 0.15) is 45.6 Å². The Morgan fingerprint density at radius 1 is 1.10 bits per heavy atom. The highest BCUT2D eigenvalue weighted by molar-refractivity contribution is 5.58. The van der Waals surface area contributed by atoms with Crippen LogP contribution in [0.5, 0.6) is 5.88 Å². The number of ether oxygens (including phenoxy) is 1. The van der Waals surface area contributed by atoms with Gasteiger partial charge in [0.05, 0.1) is 18.5 Å². The van der Waals surface area contributed by atoms with Gasteiger partial charge in [-0.15, -0.1) is 10.2 Å². The average molecular weight is 398 g/mol. The molecule has 0 aromatic carbocycles. The number of hydrogen-bond donors (Lipinski definition) is 0. The van der Waals surface area contributed by atoms with Gasteiger partial charge in [-0.25, -0.2) is 0 Å². The lowest BCUT2D eigenvalue weighted by Gasteiger charge is -2.24. The summed E-state index contributed by atoms with van der Waals surface area (Å²) in [5, 5.41) is 12.9. The fourth-order valence-corrected chi connectivity index (χ4v) is 4.98. The minimum Gasteiger partial charge on any atom is -0.476 e. The Morgan fingerprint density at radius 3 is 2.38 bits per heavy atom. The van der Waals surface area contributed by atoms with Gasteiger partial charge in [-0.2, -0.15) is 5.10 Å². The lowest BCUT2D eigenvalue weighted by atomic mass is 9.92. The SMILES string of the molecule is Cc1cnn(C)c1-c1ccc(OC[C@@H]2C[C@@H]3CN(CCC(C)(C)C)C[C@@H]3C2)nn1. The summed E-state index contributed by atoms with van der Waals surface area (Å²) in [6.45, 7) is 13.6. The second-order valence-corrected chi connectivity index (χ2v) is 10.3. The quantitative estimate of drug-likeness (QED) is 0.738. The molecule has 3 heterocycles. The predicted octanol–water partition coefficient (Wildman–Crippen LogP) is 3.96. The van der Waals surface area contributed by atoms with Crippen molar-refractivity contribution in [3.05, 3.63) is 23.9 Å². The molecule has 0 N–H and O–H groups in total. The fourth-order valence-electron chi connectivity index (χ4n) is 4.98. The number of fused-ring (bicyclic) bond motifs is 1. The molecule has 6 nitrogen and oxygen atoms in total. The molecule has 3 atom stereocenters. The molecule has 6 heteroatoms. The van der Waals surface area contributed by atoms with Crippen LogP contribution in [-0.4, -0.2) is 51.1 Å². The van der Waals surface area contributed by atoms with Crippen LogP contribution in [-0.2, 0) is 7.05 Å². The molecule has 29 heavy (non-hydrogen) atoms. The Kier molecular flexibility index (Phi) is 5.65. The van der Waals surface area contributed by atoms with Crippen LogP contribution >= 0.6 is 0 Å². The maximum atomic E-state index is 6.00. The van der Waals surface area contributed by atoms with Crippen LogP contribution in [0.15, 0.2) is 18.3 Å². The lowest BCUT2D eigenvalue weighted by molar-refractivity contribution is 0.212. The van der Waals surface area contributed by atoms with Gasteiger partial charge in [0.2, 0.25) is 5.88 Å². The van der Waals surface area contributed by atoms with Crippen molar-refractivity contribution >= 4 is 0 Å². The predicted molar refractivity (Wildman–Crippen MR) is 115 cm³/mol. The summed E-state index contributed by atoms with van der Waals surface area (Å²) >= 11 is 0. The Labute approximate surface area is 174 Å². The smallest absolute Gasteiger partial charge is 0.233 e. The molecule has 2 aliphatic rings. The second-order valence-electron chi connectivity index (χ2n) is 10.3. The highest BCUT2D eigenvalue weighted by Gasteiger charge is 2.40. The number of likely N-dealkylation sites (tertiary alicyclic amines) is 1. The Morgan fingerprint density at radius 2 is 1.83 bits per heavy atom. The summed E-state index contributed by atoms with van der Waals surface area (Å²) in [6, 6.07) is 3.90. The number of nitrogens with zero attached hydrogens (tertiary/aromatic N) is 5. The van der Waals surface area contributed by atoms with E-state index in [1.54, 1.807) is 0 Å². The normalized spacial score (nSPS) is 24.8. The number of hydrogen-bond acceptors (Lipinski definition) is 5. The summed E-state index contributed by atoms with van der Waals surface area (Å²) < 4.78 is 7.83. The minimum absolute atomic E-state index is 0.431. The molecule has 4 rings (SSSR count). The zero-order valence-corrected chi connectivity index (χ0v) is 18.6. The van der Waals surface area contributed by atoms with Gasteiger partial charge in [0, 0.05) is 26.2 Å². The van der Waals surface area contributed by atoms with Crippen molar-refractivity contribution in [3.63, 3.8) is 0 Å². The molecule has 1 aliphatic heterocycles. The molecule has 0 bridgehead atoms. The van der Waals surface area contributed by atoms with Gasteiger partial charge >= 0.3 is 0 Å². The summed E-state index contributed by atoms with van der Waals surface area (Å²) in [7, 11) is 1.93. The second kappa shape index (κ2) is 8.05. The third kappa shape index (κ3) is 4.80. The monoisotopic (exact) mass is 397 g/mol. The van der Waals surface area contributed by atoms with E-state index >= 15 is 0 Å². The molecule has 0 unspecified atom stereocenters. The van der Waals surface area contributed by atoms with E-state index in [4.69, 9.17) is 4.74 Å². The van der Waals surface area contributed by atoms with E-state index in [-0.39, 0.29) is 0 Å². The van der Waals surface area contributed by atoms with Crippen LogP contribution in [0.3, 0.4) is 0 Å². The van der Waals surface area contributed by atoms with Crippen molar-refractivity contribution in [1.82, 2.24) is 24.9 Å². The van der Waals surface area contributed by atoms with E-state index < -0.39 is 0 Å². The lowest BCUT2D eigenvalue weighted by Crippen LogP contribution is -2.27. The number of aryl methyl sites for hydroxylation is 2. The summed E-state index contributed by atoms with van der Waals surface area (Å²) in [5.41, 5.74) is 3.37. The maximum absolute atomic E-state index is 6.00. The van der Waals surface area contributed by atoms with Crippen molar-refractivity contribution in [1.29, 1.82) is 0 Å². The molecular formula is C23H35N5O. The molecule has 0 radical (unpaired) electrons.